The Labute approximate surface area is 151 Å². The van der Waals surface area contributed by atoms with Gasteiger partial charge in [-0.2, -0.15) is 0 Å². The summed E-state index contributed by atoms with van der Waals surface area (Å²) in [6.07, 6.45) is 0.745. The molecule has 0 bridgehead atoms. The molecule has 0 radical (unpaired) electrons. The number of aromatic nitrogens is 2. The first kappa shape index (κ1) is 18.9. The molecule has 1 atom stereocenters. The first-order valence-electron chi connectivity index (χ1n) is 8.02. The lowest BCUT2D eigenvalue weighted by Crippen LogP contribution is -2.45. The summed E-state index contributed by atoms with van der Waals surface area (Å²) in [4.78, 5) is 26.3. The number of nitrogens with one attached hydrogen (secondary N) is 1. The van der Waals surface area contributed by atoms with E-state index in [9.17, 15) is 9.59 Å². The highest BCUT2D eigenvalue weighted by molar-refractivity contribution is 7.03. The number of methoxy groups -OCH3 is 1. The number of ether oxygens (including phenoxy) is 1. The number of amides is 2. The molecule has 134 valence electrons. The van der Waals surface area contributed by atoms with Gasteiger partial charge >= 0.3 is 0 Å². The number of rotatable bonds is 8. The first-order chi connectivity index (χ1) is 12.0. The highest BCUT2D eigenvalue weighted by Crippen LogP contribution is 2.12. The number of carbonyl (C=O) groups excluding carboxylic acids is 2. The van der Waals surface area contributed by atoms with E-state index in [-0.39, 0.29) is 30.1 Å². The molecule has 0 fully saturated rings. The van der Waals surface area contributed by atoms with E-state index in [1.807, 2.05) is 38.1 Å². The van der Waals surface area contributed by atoms with Crippen molar-refractivity contribution in [1.29, 1.82) is 0 Å². The molecule has 0 aliphatic heterocycles. The Kier molecular flexibility index (Phi) is 6.88. The van der Waals surface area contributed by atoms with Gasteiger partial charge in [0.1, 0.15) is 12.3 Å². The second-order valence-corrected chi connectivity index (χ2v) is 6.22. The fourth-order valence-electron chi connectivity index (χ4n) is 2.21. The highest BCUT2D eigenvalue weighted by atomic mass is 32.1. The van der Waals surface area contributed by atoms with E-state index in [2.05, 4.69) is 14.9 Å². The van der Waals surface area contributed by atoms with Gasteiger partial charge in [0, 0.05) is 18.0 Å². The van der Waals surface area contributed by atoms with Gasteiger partial charge in [-0.25, -0.2) is 0 Å². The third-order valence-electron chi connectivity index (χ3n) is 3.93. The van der Waals surface area contributed by atoms with Crippen molar-refractivity contribution in [3.05, 3.63) is 40.9 Å². The second-order valence-electron chi connectivity index (χ2n) is 5.61. The number of hydrogen-bond donors (Lipinski definition) is 1. The molecule has 1 N–H and O–H groups in total. The highest BCUT2D eigenvalue weighted by Gasteiger charge is 2.24. The predicted octanol–water partition coefficient (Wildman–Crippen LogP) is 2.10. The third kappa shape index (κ3) is 5.25. The Balaban J connectivity index is 1.95. The summed E-state index contributed by atoms with van der Waals surface area (Å²) < 4.78 is 8.82. The molecule has 2 rings (SSSR count). The van der Waals surface area contributed by atoms with Gasteiger partial charge in [-0.1, -0.05) is 23.5 Å². The van der Waals surface area contributed by atoms with Crippen LogP contribution in [0.2, 0.25) is 0 Å². The van der Waals surface area contributed by atoms with E-state index in [0.717, 1.165) is 29.3 Å². The maximum atomic E-state index is 12.5. The molecule has 0 saturated carbocycles. The molecule has 1 aromatic heterocycles. The molecule has 0 aliphatic rings. The molecular formula is C17H22N4O3S. The zero-order chi connectivity index (χ0) is 18.2. The van der Waals surface area contributed by atoms with Gasteiger partial charge in [0.25, 0.3) is 5.91 Å². The fourth-order valence-corrected chi connectivity index (χ4v) is 2.64. The minimum atomic E-state index is -0.275. The van der Waals surface area contributed by atoms with Gasteiger partial charge in [-0.15, -0.1) is 5.10 Å². The maximum absolute atomic E-state index is 12.5. The molecule has 1 unspecified atom stereocenters. The largest absolute Gasteiger partial charge is 0.497 e. The lowest BCUT2D eigenvalue weighted by molar-refractivity contribution is -0.122. The number of carbonyl (C=O) groups is 2. The van der Waals surface area contributed by atoms with Crippen molar-refractivity contribution in [3.8, 4) is 5.75 Å². The van der Waals surface area contributed by atoms with Crippen LogP contribution in [0.15, 0.2) is 29.6 Å². The van der Waals surface area contributed by atoms with Crippen LogP contribution in [-0.4, -0.2) is 46.0 Å². The average molecular weight is 362 g/mol. The van der Waals surface area contributed by atoms with Crippen molar-refractivity contribution >= 4 is 23.3 Å². The minimum Gasteiger partial charge on any atom is -0.497 e. The van der Waals surface area contributed by atoms with Crippen molar-refractivity contribution in [2.24, 2.45) is 0 Å². The summed E-state index contributed by atoms with van der Waals surface area (Å²) in [5.41, 5.74) is 1.23. The second kappa shape index (κ2) is 9.12. The molecule has 1 aromatic carbocycles. The van der Waals surface area contributed by atoms with Crippen LogP contribution in [-0.2, 0) is 11.3 Å². The van der Waals surface area contributed by atoms with Gasteiger partial charge in [-0.3, -0.25) is 9.59 Å². The van der Waals surface area contributed by atoms with E-state index in [4.69, 9.17) is 4.74 Å². The molecule has 0 saturated heterocycles. The number of nitrogens with zero attached hydrogens (tertiary/aromatic N) is 3. The SMILES string of the molecule is CCC(C)N(CC(=O)NCc1ccc(OC)cc1)C(=O)c1csnn1. The van der Waals surface area contributed by atoms with Gasteiger partial charge in [0.2, 0.25) is 5.91 Å². The molecule has 8 heteroatoms. The molecule has 1 heterocycles. The van der Waals surface area contributed by atoms with E-state index < -0.39 is 0 Å². The average Bonchev–Trinajstić information content (AvgIpc) is 3.18. The molecule has 2 amide bonds. The van der Waals surface area contributed by atoms with Crippen LogP contribution < -0.4 is 10.1 Å². The molecule has 2 aromatic rings. The van der Waals surface area contributed by atoms with Gasteiger partial charge < -0.3 is 15.0 Å². The maximum Gasteiger partial charge on any atom is 0.276 e. The Morgan fingerprint density at radius 1 is 1.32 bits per heavy atom. The third-order valence-corrected chi connectivity index (χ3v) is 4.43. The fraction of sp³-hybridized carbons (Fsp3) is 0.412. The Hall–Kier alpha value is -2.48. The van der Waals surface area contributed by atoms with Crippen LogP contribution in [0.5, 0.6) is 5.75 Å². The van der Waals surface area contributed by atoms with Crippen molar-refractivity contribution < 1.29 is 14.3 Å². The van der Waals surface area contributed by atoms with Gasteiger partial charge in [-0.05, 0) is 42.6 Å². The molecule has 25 heavy (non-hydrogen) atoms. The predicted molar refractivity (Wildman–Crippen MR) is 95.5 cm³/mol. The summed E-state index contributed by atoms with van der Waals surface area (Å²) in [5.74, 6) is 0.274. The van der Waals surface area contributed by atoms with Crippen LogP contribution in [0.25, 0.3) is 0 Å². The zero-order valence-electron chi connectivity index (χ0n) is 14.6. The smallest absolute Gasteiger partial charge is 0.276 e. The topological polar surface area (TPSA) is 84.4 Å². The van der Waals surface area contributed by atoms with Crippen LogP contribution in [0.4, 0.5) is 0 Å². The number of benzene rings is 1. The molecule has 0 spiro atoms. The molecule has 0 aliphatic carbocycles. The van der Waals surface area contributed by atoms with Crippen LogP contribution in [0, 0.1) is 0 Å². The summed E-state index contributed by atoms with van der Waals surface area (Å²) in [6, 6.07) is 7.38. The van der Waals surface area contributed by atoms with E-state index in [1.165, 1.54) is 4.90 Å². The Bertz CT molecular complexity index is 688. The van der Waals surface area contributed by atoms with E-state index >= 15 is 0 Å². The van der Waals surface area contributed by atoms with Crippen LogP contribution in [0.1, 0.15) is 36.3 Å². The van der Waals surface area contributed by atoms with Crippen LogP contribution >= 0.6 is 11.5 Å². The lowest BCUT2D eigenvalue weighted by atomic mass is 10.2. The Morgan fingerprint density at radius 3 is 2.60 bits per heavy atom. The number of hydrogen-bond acceptors (Lipinski definition) is 6. The summed E-state index contributed by atoms with van der Waals surface area (Å²) >= 11 is 1.11. The van der Waals surface area contributed by atoms with Gasteiger partial charge in [0.05, 0.1) is 7.11 Å². The van der Waals surface area contributed by atoms with E-state index in [1.54, 1.807) is 12.5 Å². The van der Waals surface area contributed by atoms with Crippen LogP contribution in [0.3, 0.4) is 0 Å². The van der Waals surface area contributed by atoms with Crippen molar-refractivity contribution in [3.63, 3.8) is 0 Å². The van der Waals surface area contributed by atoms with E-state index in [0.29, 0.717) is 6.54 Å². The normalized spacial score (nSPS) is 11.6. The first-order valence-corrected chi connectivity index (χ1v) is 8.86. The summed E-state index contributed by atoms with van der Waals surface area (Å²) in [7, 11) is 1.61. The Morgan fingerprint density at radius 2 is 2.04 bits per heavy atom. The zero-order valence-corrected chi connectivity index (χ0v) is 15.4. The van der Waals surface area contributed by atoms with Crippen molar-refractivity contribution in [2.75, 3.05) is 13.7 Å². The minimum absolute atomic E-state index is 0.0124. The molecule has 7 nitrogen and oxygen atoms in total. The summed E-state index contributed by atoms with van der Waals surface area (Å²) in [6.45, 7) is 4.26. The van der Waals surface area contributed by atoms with Crippen molar-refractivity contribution in [1.82, 2.24) is 19.8 Å². The standard InChI is InChI=1S/C17H22N4O3S/c1-4-12(2)21(17(23)15-11-25-20-19-15)10-16(22)18-9-13-5-7-14(24-3)8-6-13/h5-8,11-12H,4,9-10H2,1-3H3,(H,18,22). The monoisotopic (exact) mass is 362 g/mol. The lowest BCUT2D eigenvalue weighted by Gasteiger charge is -2.27. The van der Waals surface area contributed by atoms with Gasteiger partial charge in [0.15, 0.2) is 5.69 Å². The molecular weight excluding hydrogens is 340 g/mol. The summed E-state index contributed by atoms with van der Waals surface area (Å²) in [5, 5.41) is 8.23. The van der Waals surface area contributed by atoms with Crippen molar-refractivity contribution in [2.45, 2.75) is 32.9 Å². The quantitative estimate of drug-likeness (QED) is 0.777.